The number of halogens is 4. The number of fused-ring (bicyclic) bond motifs is 1. The standard InChI is InChI=1S/C28H23Cl2F2N3O6/c29-18-10-34-11-19(30)17(18)9-22(15-6-7-21(41-28(31)32)23(8-15)39-13-14-4-5-14)40-24(36)12-35-26(37)16-2-1-3-20(33)25(16)27(35)38/h1-3,6-8,10-11,14,22,28H,4-5,9,12-13,33H2/p+1/t22-/m0/s1. The Morgan fingerprint density at radius 1 is 1.07 bits per heavy atom. The number of aromatic nitrogens is 1. The molecule has 1 aromatic heterocycles. The van der Waals surface area contributed by atoms with Crippen molar-refractivity contribution in [3.8, 4) is 11.5 Å². The van der Waals surface area contributed by atoms with Gasteiger partial charge in [0.1, 0.15) is 22.7 Å². The third-order valence-corrected chi connectivity index (χ3v) is 7.38. The average molecular weight is 607 g/mol. The first kappa shape index (κ1) is 28.6. The highest BCUT2D eigenvalue weighted by atomic mass is 35.5. The van der Waals surface area contributed by atoms with E-state index in [2.05, 4.69) is 9.72 Å². The van der Waals surface area contributed by atoms with E-state index in [1.807, 2.05) is 0 Å². The molecule has 214 valence electrons. The number of pyridine rings is 1. The molecule has 41 heavy (non-hydrogen) atoms. The first-order valence-electron chi connectivity index (χ1n) is 12.6. The lowest BCUT2D eigenvalue weighted by Gasteiger charge is -2.22. The number of benzene rings is 2. The maximum Gasteiger partial charge on any atom is 0.387 e. The van der Waals surface area contributed by atoms with Gasteiger partial charge in [0, 0.05) is 17.7 Å². The van der Waals surface area contributed by atoms with E-state index in [-0.39, 0.29) is 44.8 Å². The maximum atomic E-state index is 13.2. The van der Waals surface area contributed by atoms with E-state index in [4.69, 9.17) is 38.4 Å². The van der Waals surface area contributed by atoms with E-state index in [9.17, 15) is 23.2 Å². The lowest BCUT2D eigenvalue weighted by atomic mass is 10.0. The highest BCUT2D eigenvalue weighted by molar-refractivity contribution is 6.35. The number of aromatic amines is 1. The number of amides is 2. The van der Waals surface area contributed by atoms with Crippen LogP contribution >= 0.6 is 23.2 Å². The molecule has 0 spiro atoms. The van der Waals surface area contributed by atoms with Crippen LogP contribution in [0.1, 0.15) is 50.8 Å². The van der Waals surface area contributed by atoms with Gasteiger partial charge in [0.15, 0.2) is 23.9 Å². The lowest BCUT2D eigenvalue weighted by Crippen LogP contribution is -2.36. The van der Waals surface area contributed by atoms with E-state index in [1.165, 1.54) is 48.8 Å². The highest BCUT2D eigenvalue weighted by Gasteiger charge is 2.39. The molecule has 0 saturated heterocycles. The van der Waals surface area contributed by atoms with Crippen LogP contribution in [0.15, 0.2) is 48.8 Å². The molecular weight excluding hydrogens is 583 g/mol. The Kier molecular flexibility index (Phi) is 8.27. The normalized spacial score (nSPS) is 15.2. The number of alkyl halides is 2. The number of esters is 1. The summed E-state index contributed by atoms with van der Waals surface area (Å²) >= 11 is 12.7. The second kappa shape index (κ2) is 11.9. The fourth-order valence-electron chi connectivity index (χ4n) is 4.44. The van der Waals surface area contributed by atoms with Gasteiger partial charge in [-0.2, -0.15) is 8.78 Å². The van der Waals surface area contributed by atoms with E-state index >= 15 is 0 Å². The number of hydrogen-bond acceptors (Lipinski definition) is 7. The van der Waals surface area contributed by atoms with Gasteiger partial charge in [-0.15, -0.1) is 0 Å². The molecular formula is C28H24Cl2F2N3O6+. The lowest BCUT2D eigenvalue weighted by molar-refractivity contribution is -0.377. The van der Waals surface area contributed by atoms with Crippen molar-refractivity contribution in [1.29, 1.82) is 0 Å². The molecule has 3 aromatic rings. The monoisotopic (exact) mass is 606 g/mol. The van der Waals surface area contributed by atoms with Crippen molar-refractivity contribution >= 4 is 46.7 Å². The van der Waals surface area contributed by atoms with Crippen molar-refractivity contribution in [2.45, 2.75) is 32.0 Å². The summed E-state index contributed by atoms with van der Waals surface area (Å²) in [6.07, 6.45) is 3.84. The van der Waals surface area contributed by atoms with Gasteiger partial charge in [0.2, 0.25) is 0 Å². The van der Waals surface area contributed by atoms with Gasteiger partial charge in [-0.3, -0.25) is 19.3 Å². The summed E-state index contributed by atoms with van der Waals surface area (Å²) in [5.74, 6) is -2.12. The Hall–Kier alpha value is -3.96. The largest absolute Gasteiger partial charge is 0.489 e. The number of ether oxygens (including phenoxy) is 3. The van der Waals surface area contributed by atoms with E-state index in [0.717, 1.165) is 17.7 Å². The van der Waals surface area contributed by atoms with Crippen LogP contribution in [-0.2, 0) is 16.0 Å². The molecule has 3 N–H and O–H groups in total. The minimum Gasteiger partial charge on any atom is -0.489 e. The first-order chi connectivity index (χ1) is 19.6. The van der Waals surface area contributed by atoms with Crippen LogP contribution in [0.3, 0.4) is 0 Å². The number of nitrogen functional groups attached to an aromatic ring is 1. The number of nitrogens with one attached hydrogen (secondary N) is 1. The average Bonchev–Trinajstić information content (AvgIpc) is 3.72. The van der Waals surface area contributed by atoms with Crippen LogP contribution in [0, 0.1) is 5.92 Å². The zero-order valence-corrected chi connectivity index (χ0v) is 22.9. The molecule has 0 unspecified atom stereocenters. The molecule has 2 amide bonds. The summed E-state index contributed by atoms with van der Waals surface area (Å²) < 4.78 is 42.3. The third kappa shape index (κ3) is 6.36. The predicted molar refractivity (Wildman–Crippen MR) is 143 cm³/mol. The van der Waals surface area contributed by atoms with Crippen LogP contribution in [0.4, 0.5) is 14.5 Å². The van der Waals surface area contributed by atoms with Crippen LogP contribution in [0.25, 0.3) is 0 Å². The van der Waals surface area contributed by atoms with E-state index < -0.39 is 37.0 Å². The fraction of sp³-hybridized carbons (Fsp3) is 0.286. The Morgan fingerprint density at radius 3 is 2.46 bits per heavy atom. The quantitative estimate of drug-likeness (QED) is 0.187. The van der Waals surface area contributed by atoms with E-state index in [1.54, 1.807) is 0 Å². The van der Waals surface area contributed by atoms with Crippen LogP contribution in [-0.4, -0.2) is 42.4 Å². The van der Waals surface area contributed by atoms with Gasteiger partial charge in [-0.25, -0.2) is 4.98 Å². The van der Waals surface area contributed by atoms with E-state index in [0.29, 0.717) is 23.7 Å². The number of carbonyl (C=O) groups is 3. The number of hydrogen-bond donors (Lipinski definition) is 1. The van der Waals surface area contributed by atoms with Gasteiger partial charge in [-0.05, 0) is 48.6 Å². The van der Waals surface area contributed by atoms with Crippen LogP contribution in [0.5, 0.6) is 11.5 Å². The predicted octanol–water partition coefficient (Wildman–Crippen LogP) is 4.90. The van der Waals surface area contributed by atoms with Crippen molar-refractivity contribution in [2.75, 3.05) is 18.9 Å². The number of anilines is 1. The molecule has 2 aliphatic rings. The molecule has 2 heterocycles. The first-order valence-corrected chi connectivity index (χ1v) is 13.4. The van der Waals surface area contributed by atoms with Gasteiger partial charge >= 0.3 is 12.6 Å². The summed E-state index contributed by atoms with van der Waals surface area (Å²) in [5, 5.41) is 0.523. The topological polar surface area (TPSA) is 122 Å². The molecule has 1 aliphatic carbocycles. The number of H-pyrrole nitrogens is 1. The van der Waals surface area contributed by atoms with Gasteiger partial charge in [-0.1, -0.05) is 35.3 Å². The molecule has 5 rings (SSSR count). The SMILES string of the molecule is Nc1cccc2c1C(=O)N(CC(=O)O[C@@H](Cc1c(Cl)c[nH+]cc1Cl)c1ccc(OC(F)F)c(OCC3CC3)c1)C2=O. The minimum absolute atomic E-state index is 0.0213. The Balaban J connectivity index is 1.43. The Bertz CT molecular complexity index is 1500. The van der Waals surface area contributed by atoms with Gasteiger partial charge in [0.05, 0.1) is 17.7 Å². The van der Waals surface area contributed by atoms with Crippen molar-refractivity contribution in [3.63, 3.8) is 0 Å². The number of nitrogens with zero attached hydrogens (tertiary/aromatic N) is 1. The van der Waals surface area contributed by atoms with Crippen LogP contribution in [0.2, 0.25) is 10.0 Å². The minimum atomic E-state index is -3.08. The fourth-order valence-corrected chi connectivity index (χ4v) is 4.97. The zero-order chi connectivity index (χ0) is 29.3. The molecule has 2 aromatic carbocycles. The molecule has 1 fully saturated rings. The second-order valence-electron chi connectivity index (χ2n) is 9.62. The smallest absolute Gasteiger partial charge is 0.387 e. The number of carbonyl (C=O) groups excluding carboxylic acids is 3. The molecule has 1 atom stereocenters. The second-order valence-corrected chi connectivity index (χ2v) is 10.4. The Morgan fingerprint density at radius 2 is 1.80 bits per heavy atom. The summed E-state index contributed by atoms with van der Waals surface area (Å²) in [4.78, 5) is 42.4. The van der Waals surface area contributed by atoms with Crippen molar-refractivity contribution < 1.29 is 42.4 Å². The maximum absolute atomic E-state index is 13.2. The number of imide groups is 1. The number of rotatable bonds is 11. The van der Waals surface area contributed by atoms with Crippen molar-refractivity contribution in [3.05, 3.63) is 81.1 Å². The Labute approximate surface area is 243 Å². The van der Waals surface area contributed by atoms with Gasteiger partial charge < -0.3 is 19.9 Å². The van der Waals surface area contributed by atoms with Crippen molar-refractivity contribution in [2.24, 2.45) is 5.92 Å². The van der Waals surface area contributed by atoms with Crippen molar-refractivity contribution in [1.82, 2.24) is 4.90 Å². The molecule has 0 radical (unpaired) electrons. The molecule has 1 aliphatic heterocycles. The summed E-state index contributed by atoms with van der Waals surface area (Å²) in [5.41, 5.74) is 6.90. The van der Waals surface area contributed by atoms with Crippen LogP contribution < -0.4 is 20.2 Å². The number of nitrogens with two attached hydrogens (primary N) is 1. The zero-order valence-electron chi connectivity index (χ0n) is 21.4. The summed E-state index contributed by atoms with van der Waals surface area (Å²) in [6, 6.07) is 8.64. The summed E-state index contributed by atoms with van der Waals surface area (Å²) in [7, 11) is 0. The molecule has 9 nitrogen and oxygen atoms in total. The highest BCUT2D eigenvalue weighted by Crippen LogP contribution is 2.38. The third-order valence-electron chi connectivity index (χ3n) is 6.71. The van der Waals surface area contributed by atoms with Gasteiger partial charge in [0.25, 0.3) is 11.8 Å². The molecule has 13 heteroatoms. The molecule has 1 saturated carbocycles. The molecule has 0 bridgehead atoms. The summed E-state index contributed by atoms with van der Waals surface area (Å²) in [6.45, 7) is -3.46.